The zero-order valence-corrected chi connectivity index (χ0v) is 23.6. The van der Waals surface area contributed by atoms with E-state index in [9.17, 15) is 13.4 Å². The highest BCUT2D eigenvalue weighted by Gasteiger charge is 2.50. The number of pyridine rings is 1. The van der Waals surface area contributed by atoms with E-state index in [-0.39, 0.29) is 17.6 Å². The molecule has 0 bridgehead atoms. The second-order valence-electron chi connectivity index (χ2n) is 10.8. The van der Waals surface area contributed by atoms with Crippen LogP contribution in [0.25, 0.3) is 11.8 Å². The van der Waals surface area contributed by atoms with E-state index in [2.05, 4.69) is 27.1 Å². The fourth-order valence-corrected chi connectivity index (χ4v) is 7.53. The molecular formula is C30H31FN6O2S. The van der Waals surface area contributed by atoms with E-state index < -0.39 is 15.1 Å². The van der Waals surface area contributed by atoms with Crippen LogP contribution in [0.2, 0.25) is 0 Å². The summed E-state index contributed by atoms with van der Waals surface area (Å²) in [5, 5.41) is 9.41. The number of nitrogens with zero attached hydrogens (tertiary/aromatic N) is 6. The van der Waals surface area contributed by atoms with Crippen LogP contribution in [-0.4, -0.2) is 57.8 Å². The summed E-state index contributed by atoms with van der Waals surface area (Å²) in [5.41, 5.74) is 4.08. The van der Waals surface area contributed by atoms with Crippen LogP contribution in [0.15, 0.2) is 71.7 Å². The molecule has 0 saturated heterocycles. The lowest BCUT2D eigenvalue weighted by atomic mass is 9.60. The molecule has 3 heterocycles. The molecule has 1 aromatic carbocycles. The zero-order valence-electron chi connectivity index (χ0n) is 22.7. The molecule has 6 rings (SSSR count). The van der Waals surface area contributed by atoms with Gasteiger partial charge in [-0.15, -0.1) is 0 Å². The van der Waals surface area contributed by atoms with E-state index in [1.807, 2.05) is 30.4 Å². The van der Waals surface area contributed by atoms with Gasteiger partial charge in [0.25, 0.3) is 0 Å². The number of hydrogen-bond donors (Lipinski definition) is 0. The minimum atomic E-state index is -2.87. The molecule has 2 aliphatic carbocycles. The normalized spacial score (nSPS) is 21.8. The number of carbonyl (C=O) groups is 1. The van der Waals surface area contributed by atoms with Gasteiger partial charge >= 0.3 is 0 Å². The van der Waals surface area contributed by atoms with Gasteiger partial charge in [-0.3, -0.25) is 14.5 Å². The number of hydrogen-bond acceptors (Lipinski definition) is 5. The van der Waals surface area contributed by atoms with Gasteiger partial charge in [-0.2, -0.15) is 10.2 Å². The molecule has 1 fully saturated rings. The van der Waals surface area contributed by atoms with Crippen LogP contribution < -0.4 is 0 Å². The van der Waals surface area contributed by atoms with Gasteiger partial charge < -0.3 is 0 Å². The number of halogens is 1. The Balaban J connectivity index is 1.43. The Morgan fingerprint density at radius 3 is 2.70 bits per heavy atom. The second-order valence-corrected chi connectivity index (χ2v) is 13.1. The molecule has 0 aliphatic heterocycles. The number of Topliss-reactive ketones (excluding diaryl/α,β-unsaturated/α-hetero) is 1. The summed E-state index contributed by atoms with van der Waals surface area (Å²) in [4.78, 5) is 18.9. The third-order valence-corrected chi connectivity index (χ3v) is 10.4. The molecule has 1 saturated carbocycles. The van der Waals surface area contributed by atoms with Gasteiger partial charge in [-0.05, 0) is 105 Å². The van der Waals surface area contributed by atoms with Gasteiger partial charge in [0, 0.05) is 25.5 Å². The predicted molar refractivity (Wildman–Crippen MR) is 153 cm³/mol. The van der Waals surface area contributed by atoms with Crippen molar-refractivity contribution in [2.24, 2.45) is 12.5 Å². The van der Waals surface area contributed by atoms with Crippen LogP contribution >= 0.6 is 0 Å². The standard InChI is InChI=1S/C30H31FN6O2S/c1-20-11-13-32-26(15-20)29(38)30-17-21-19-33-37(24-9-6-23(31)7-10-24)27(21)16-22(30)5-8-25(18-30)36(3)40(4,39)28-12-14-35(2)34-28/h6-7,9-16,19,25H,4-5,8,17-18H2,1-3H3/t25-,30-,40?/m0/s1. The maximum Gasteiger partial charge on any atom is 0.191 e. The van der Waals surface area contributed by atoms with Crippen molar-refractivity contribution in [1.82, 2.24) is 28.9 Å². The first kappa shape index (κ1) is 26.3. The number of ketones is 1. The topological polar surface area (TPSA) is 85.9 Å². The van der Waals surface area contributed by atoms with Crippen molar-refractivity contribution >= 4 is 27.4 Å². The van der Waals surface area contributed by atoms with Crippen LogP contribution in [0.4, 0.5) is 4.39 Å². The van der Waals surface area contributed by atoms with Crippen LogP contribution in [-0.2, 0) is 23.2 Å². The summed E-state index contributed by atoms with van der Waals surface area (Å²) < 4.78 is 32.7. The van der Waals surface area contributed by atoms with Gasteiger partial charge in [-0.25, -0.2) is 17.6 Å². The predicted octanol–water partition coefficient (Wildman–Crippen LogP) is 4.43. The highest BCUT2D eigenvalue weighted by Crippen LogP contribution is 2.51. The third-order valence-electron chi connectivity index (χ3n) is 8.28. The first-order chi connectivity index (χ1) is 19.1. The maximum atomic E-state index is 14.4. The van der Waals surface area contributed by atoms with Crippen LogP contribution in [0, 0.1) is 18.2 Å². The number of fused-ring (bicyclic) bond motifs is 2. The van der Waals surface area contributed by atoms with Crippen molar-refractivity contribution in [3.8, 4) is 5.69 Å². The first-order valence-corrected chi connectivity index (χ1v) is 14.9. The molecule has 0 N–H and O–H groups in total. The summed E-state index contributed by atoms with van der Waals surface area (Å²) in [5.74, 6) is 3.72. The van der Waals surface area contributed by atoms with Crippen molar-refractivity contribution in [2.45, 2.75) is 43.7 Å². The molecule has 1 unspecified atom stereocenters. The lowest BCUT2D eigenvalue weighted by Gasteiger charge is -2.46. The van der Waals surface area contributed by atoms with Crippen LogP contribution in [0.1, 0.15) is 46.6 Å². The molecule has 2 aliphatic rings. The van der Waals surface area contributed by atoms with Crippen molar-refractivity contribution in [3.05, 3.63) is 95.0 Å². The average Bonchev–Trinajstić information content (AvgIpc) is 3.57. The smallest absolute Gasteiger partial charge is 0.191 e. The van der Waals surface area contributed by atoms with E-state index in [4.69, 9.17) is 0 Å². The summed E-state index contributed by atoms with van der Waals surface area (Å²) in [6, 6.07) is 11.5. The Hall–Kier alpha value is -3.89. The summed E-state index contributed by atoms with van der Waals surface area (Å²) >= 11 is 0. The number of aryl methyl sites for hydroxylation is 2. The maximum absolute atomic E-state index is 14.4. The minimum absolute atomic E-state index is 0.0471. The fourth-order valence-electron chi connectivity index (χ4n) is 6.04. The van der Waals surface area contributed by atoms with E-state index in [0.29, 0.717) is 36.4 Å². The van der Waals surface area contributed by atoms with E-state index in [1.165, 1.54) is 12.1 Å². The average molecular weight is 559 g/mol. The van der Waals surface area contributed by atoms with Crippen molar-refractivity contribution in [3.63, 3.8) is 0 Å². The van der Waals surface area contributed by atoms with E-state index >= 15 is 0 Å². The first-order valence-electron chi connectivity index (χ1n) is 13.2. The van der Waals surface area contributed by atoms with Crippen LogP contribution in [0.5, 0.6) is 0 Å². The van der Waals surface area contributed by atoms with Gasteiger partial charge in [0.1, 0.15) is 11.5 Å². The SMILES string of the molecule is C=S(=O)(c1ccn(C)n1)N(C)[C@H]1CCC2=Cc3c(cnn3-c3ccc(F)cc3)C[C@]2(C(=O)c2cc(C)ccn2)C1. The molecule has 4 aromatic rings. The molecule has 3 atom stereocenters. The monoisotopic (exact) mass is 558 g/mol. The van der Waals surface area contributed by atoms with Crippen molar-refractivity contribution in [2.75, 3.05) is 7.05 Å². The van der Waals surface area contributed by atoms with Gasteiger partial charge in [0.2, 0.25) is 0 Å². The van der Waals surface area contributed by atoms with Gasteiger partial charge in [0.15, 0.2) is 10.8 Å². The number of carbonyl (C=O) groups excluding carboxylic acids is 1. The Labute approximate surface area is 233 Å². The van der Waals surface area contributed by atoms with E-state index in [0.717, 1.165) is 28.1 Å². The van der Waals surface area contributed by atoms with E-state index in [1.54, 1.807) is 53.2 Å². The zero-order chi connectivity index (χ0) is 28.2. The Morgan fingerprint density at radius 1 is 1.23 bits per heavy atom. The molecule has 0 amide bonds. The molecule has 0 radical (unpaired) electrons. The largest absolute Gasteiger partial charge is 0.291 e. The highest BCUT2D eigenvalue weighted by atomic mass is 32.2. The molecule has 3 aromatic heterocycles. The molecule has 206 valence electrons. The molecule has 8 nitrogen and oxygen atoms in total. The Morgan fingerprint density at radius 2 is 2.00 bits per heavy atom. The highest BCUT2D eigenvalue weighted by molar-refractivity contribution is 7.98. The number of benzene rings is 1. The number of aromatic nitrogens is 5. The summed E-state index contributed by atoms with van der Waals surface area (Å²) in [6.07, 6.45) is 9.53. The lowest BCUT2D eigenvalue weighted by Crippen LogP contribution is -2.49. The van der Waals surface area contributed by atoms with Gasteiger partial charge in [-0.1, -0.05) is 5.57 Å². The molecule has 40 heavy (non-hydrogen) atoms. The second kappa shape index (κ2) is 9.64. The summed E-state index contributed by atoms with van der Waals surface area (Å²) in [7, 11) is 0.728. The summed E-state index contributed by atoms with van der Waals surface area (Å²) in [6.45, 7) is 1.95. The molecular weight excluding hydrogens is 527 g/mol. The lowest BCUT2D eigenvalue weighted by molar-refractivity contribution is 0.0749. The molecule has 0 spiro atoms. The third kappa shape index (κ3) is 4.31. The molecule has 10 heteroatoms. The quantitative estimate of drug-likeness (QED) is 0.258. The number of rotatable bonds is 6. The Bertz CT molecular complexity index is 1750. The van der Waals surface area contributed by atoms with Crippen molar-refractivity contribution < 1.29 is 13.4 Å². The Kier molecular flexibility index (Phi) is 6.35. The minimum Gasteiger partial charge on any atom is -0.291 e. The van der Waals surface area contributed by atoms with Gasteiger partial charge in [0.05, 0.1) is 32.7 Å². The van der Waals surface area contributed by atoms with Crippen molar-refractivity contribution in [1.29, 1.82) is 0 Å². The number of allylic oxidation sites excluding steroid dienone is 1. The fraction of sp³-hybridized carbons (Fsp3) is 0.300. The van der Waals surface area contributed by atoms with Crippen LogP contribution in [0.3, 0.4) is 0 Å².